The number of nitrogens with zero attached hydrogens (tertiary/aromatic N) is 1. The molecule has 13 unspecified atom stereocenters. The maximum atomic E-state index is 14.5. The van der Waals surface area contributed by atoms with Crippen molar-refractivity contribution in [3.05, 3.63) is 78.1 Å². The molecule has 544 valence electrons. The SMILES string of the molecule is C=C1C/C2=C\C[C@]34C[C@@H](OC)C(O3)[C@H]3CC(O4)[C@H]4OC(CCC4O3)CC(=O)CC3C(CC4OC(CCC1O2)C[C@@H](C)C4=C)OC(CC(O)CNC(=O)OCc1ccc(NC(=O)C(CC(N)=O)NC(=O)[C@H](C)NC(=O)C(C)NC(=O)CCOCCOCCN2C(=O)C=CC2=O)cc1)[C@@H]3OC. The largest absolute Gasteiger partial charge is 0.490 e. The van der Waals surface area contributed by atoms with Crippen LogP contribution in [0.3, 0.4) is 0 Å². The number of methoxy groups -OCH3 is 2. The van der Waals surface area contributed by atoms with Crippen LogP contribution in [0.15, 0.2) is 72.6 Å². The van der Waals surface area contributed by atoms with Gasteiger partial charge in [-0.2, -0.15) is 0 Å². The van der Waals surface area contributed by atoms with Gasteiger partial charge in [0, 0.05) is 102 Å². The van der Waals surface area contributed by atoms with Crippen molar-refractivity contribution in [2.24, 2.45) is 17.6 Å². The van der Waals surface area contributed by atoms with E-state index < -0.39 is 120 Å². The van der Waals surface area contributed by atoms with E-state index in [4.69, 9.17) is 62.6 Å². The molecule has 7 fully saturated rings. The fraction of sp³-hybridized carbons (Fsp3) is 0.671. The van der Waals surface area contributed by atoms with Gasteiger partial charge in [-0.25, -0.2) is 4.79 Å². The van der Waals surface area contributed by atoms with Gasteiger partial charge in [0.2, 0.25) is 29.5 Å². The van der Waals surface area contributed by atoms with Crippen molar-refractivity contribution in [1.29, 1.82) is 0 Å². The quantitative estimate of drug-likeness (QED) is 0.0398. The monoisotopic (exact) mass is 1390 g/mol. The van der Waals surface area contributed by atoms with Gasteiger partial charge in [0.25, 0.3) is 11.8 Å². The molecule has 9 aliphatic heterocycles. The molecule has 29 heteroatoms. The molecule has 9 heterocycles. The number of anilines is 1. The van der Waals surface area contributed by atoms with Crippen LogP contribution in [0.25, 0.3) is 0 Å². The Kier molecular flexibility index (Phi) is 25.7. The van der Waals surface area contributed by atoms with Gasteiger partial charge in [0.15, 0.2) is 5.79 Å². The highest BCUT2D eigenvalue weighted by molar-refractivity contribution is 6.12. The fourth-order valence-electron chi connectivity index (χ4n) is 14.8. The molecule has 20 atom stereocenters. The molecule has 99 heavy (non-hydrogen) atoms. The lowest BCUT2D eigenvalue weighted by Gasteiger charge is -2.47. The standard InChI is InChI=1S/C70H97N7O22/c1-37-26-46-12-14-51-38(2)27-48(93-51)18-20-70-34-58(88-6)65(99-70)56-33-57(98-70)64-52(96-56)15-13-47(95-64)28-44(78)29-49-54(32-53(94-46)39(37)3)97-55(63(49)89-7)30-45(79)35-72-69(87)92-36-42-8-10-43(11-9-42)75-68(86)50(31-59(71)80)76-67(85)41(5)74-66(84)40(4)73-60(81)19-22-90-24-25-91-23-21-77-61(82)16-17-62(77)83/h8-11,16-18,37,40-41,45-47,49-58,63-65,79H,2-3,12-15,19-36H2,1,4-7H3,(H2,71,80)(H,72,87)(H,73,81)(H,74,84)(H,75,86)(H,76,85)/b48-18+/t37-,40?,41+,45?,46?,47?,49?,50?,51?,52?,53?,54?,55?,56-,57?,58-,63-,64+,65?,70-/m1/s1. The topological polar surface area (TPSA) is 374 Å². The zero-order valence-electron chi connectivity index (χ0n) is 57.0. The van der Waals surface area contributed by atoms with Gasteiger partial charge in [-0.1, -0.05) is 32.2 Å². The van der Waals surface area contributed by atoms with Crippen molar-refractivity contribution < 1.29 is 105 Å². The molecule has 9 aliphatic rings. The highest BCUT2D eigenvalue weighted by Crippen LogP contribution is 2.50. The first-order valence-corrected chi connectivity index (χ1v) is 34.6. The van der Waals surface area contributed by atoms with E-state index in [1.165, 1.54) is 38.1 Å². The number of hydrogen-bond acceptors (Lipinski definition) is 22. The molecular formula is C70H97N7O22. The number of carbonyl (C=O) groups excluding carboxylic acids is 9. The molecule has 8 N–H and O–H groups in total. The Bertz CT molecular complexity index is 3170. The summed E-state index contributed by atoms with van der Waals surface area (Å²) in [5.74, 6) is -5.04. The summed E-state index contributed by atoms with van der Waals surface area (Å²) < 4.78 is 76.1. The maximum absolute atomic E-state index is 14.5. The molecule has 0 aromatic heterocycles. The van der Waals surface area contributed by atoms with Crippen LogP contribution in [0.2, 0.25) is 0 Å². The lowest BCUT2D eigenvalue weighted by molar-refractivity contribution is -0.273. The Balaban J connectivity index is 0.679. The lowest BCUT2D eigenvalue weighted by Crippen LogP contribution is -2.58. The minimum atomic E-state index is -1.45. The maximum Gasteiger partial charge on any atom is 0.407 e. The first-order valence-electron chi connectivity index (χ1n) is 34.6. The van der Waals surface area contributed by atoms with Crippen molar-refractivity contribution in [3.63, 3.8) is 0 Å². The zero-order chi connectivity index (χ0) is 70.7. The highest BCUT2D eigenvalue weighted by atomic mass is 16.7. The summed E-state index contributed by atoms with van der Waals surface area (Å²) >= 11 is 0. The molecule has 7 saturated heterocycles. The number of primary amides is 1. The van der Waals surface area contributed by atoms with E-state index in [0.29, 0.717) is 56.9 Å². The van der Waals surface area contributed by atoms with E-state index in [0.717, 1.165) is 34.6 Å². The molecule has 0 radical (unpaired) electrons. The Hall–Kier alpha value is -7.03. The van der Waals surface area contributed by atoms with Crippen LogP contribution in [0.5, 0.6) is 0 Å². The summed E-state index contributed by atoms with van der Waals surface area (Å²) in [6.07, 6.45) is 3.47. The number of alkyl carbamates (subject to hydrolysis) is 1. The lowest BCUT2D eigenvalue weighted by atomic mass is 9.81. The van der Waals surface area contributed by atoms with E-state index in [2.05, 4.69) is 52.7 Å². The molecular weight excluding hydrogens is 1290 g/mol. The van der Waals surface area contributed by atoms with Crippen molar-refractivity contribution >= 4 is 58.9 Å². The number of carbonyl (C=O) groups is 9. The number of aliphatic hydroxyl groups excluding tert-OH is 1. The van der Waals surface area contributed by atoms with Crippen LogP contribution in [0, 0.1) is 11.8 Å². The summed E-state index contributed by atoms with van der Waals surface area (Å²) in [6, 6.07) is 2.42. The van der Waals surface area contributed by atoms with E-state index in [1.807, 2.05) is 0 Å². The number of ether oxygens (including phenoxy) is 12. The van der Waals surface area contributed by atoms with Crippen LogP contribution < -0.4 is 32.3 Å². The second-order valence-corrected chi connectivity index (χ2v) is 27.4. The summed E-state index contributed by atoms with van der Waals surface area (Å²) in [4.78, 5) is 116. The minimum absolute atomic E-state index is 0.00416. The third kappa shape index (κ3) is 19.5. The van der Waals surface area contributed by atoms with Crippen LogP contribution in [0.4, 0.5) is 10.5 Å². The average molecular weight is 1390 g/mol. The van der Waals surface area contributed by atoms with Gasteiger partial charge in [0.05, 0.1) is 112 Å². The Labute approximate surface area is 575 Å². The number of Topliss-reactive ketones (excluding diaryl/α,β-unsaturated/α-hetero) is 1. The minimum Gasteiger partial charge on any atom is -0.490 e. The number of aliphatic hydroxyl groups is 1. The molecule has 1 aromatic rings. The molecule has 29 nitrogen and oxygen atoms in total. The molecule has 0 aliphatic carbocycles. The van der Waals surface area contributed by atoms with Crippen molar-refractivity contribution in [1.82, 2.24) is 26.2 Å². The number of fused-ring (bicyclic) bond motifs is 9. The van der Waals surface area contributed by atoms with Gasteiger partial charge in [0.1, 0.15) is 48.8 Å². The van der Waals surface area contributed by atoms with Crippen molar-refractivity contribution in [3.8, 4) is 0 Å². The smallest absolute Gasteiger partial charge is 0.407 e. The number of nitrogens with one attached hydrogen (secondary N) is 5. The fourth-order valence-corrected chi connectivity index (χ4v) is 14.8. The Morgan fingerprint density at radius 3 is 2.22 bits per heavy atom. The van der Waals surface area contributed by atoms with Gasteiger partial charge in [-0.05, 0) is 86.8 Å². The summed E-state index contributed by atoms with van der Waals surface area (Å²) in [5, 5.41) is 24.2. The van der Waals surface area contributed by atoms with Crippen LogP contribution >= 0.6 is 0 Å². The van der Waals surface area contributed by atoms with Crippen LogP contribution in [-0.4, -0.2) is 226 Å². The molecule has 1 spiro atoms. The second kappa shape index (κ2) is 34.1. The predicted octanol–water partition coefficient (Wildman–Crippen LogP) is 2.83. The normalized spacial score (nSPS) is 32.9. The van der Waals surface area contributed by atoms with E-state index in [-0.39, 0.29) is 138 Å². The third-order valence-corrected chi connectivity index (χ3v) is 20.1. The molecule has 10 bridgehead atoms. The Morgan fingerprint density at radius 1 is 0.758 bits per heavy atom. The Morgan fingerprint density at radius 2 is 1.48 bits per heavy atom. The third-order valence-electron chi connectivity index (χ3n) is 20.1. The number of hydrogen-bond donors (Lipinski definition) is 7. The van der Waals surface area contributed by atoms with Crippen molar-refractivity contribution in [2.45, 2.75) is 233 Å². The summed E-state index contributed by atoms with van der Waals surface area (Å²) in [7, 11) is 3.26. The van der Waals surface area contributed by atoms with Gasteiger partial charge in [-0.15, -0.1) is 0 Å². The molecule has 8 amide bonds. The summed E-state index contributed by atoms with van der Waals surface area (Å²) in [6.45, 7) is 13.9. The number of nitrogens with two attached hydrogens (primary N) is 1. The highest BCUT2D eigenvalue weighted by Gasteiger charge is 2.60. The number of ketones is 1. The van der Waals surface area contributed by atoms with Crippen molar-refractivity contribution in [2.75, 3.05) is 59.1 Å². The van der Waals surface area contributed by atoms with Crippen LogP contribution in [-0.2, 0) is 102 Å². The first-order chi connectivity index (χ1) is 47.4. The van der Waals surface area contributed by atoms with Gasteiger partial charge >= 0.3 is 6.09 Å². The number of allylic oxidation sites excluding steroid dienone is 1. The molecule has 1 aromatic carbocycles. The number of rotatable bonds is 26. The van der Waals surface area contributed by atoms with E-state index in [9.17, 15) is 48.3 Å². The average Bonchev–Trinajstić information content (AvgIpc) is 1.61. The van der Waals surface area contributed by atoms with E-state index in [1.54, 1.807) is 26.4 Å². The number of imide groups is 1. The number of amides is 8. The second-order valence-electron chi connectivity index (χ2n) is 27.4. The van der Waals surface area contributed by atoms with E-state index >= 15 is 0 Å². The first kappa shape index (κ1) is 74.7. The zero-order valence-corrected chi connectivity index (χ0v) is 57.0. The summed E-state index contributed by atoms with van der Waals surface area (Å²) in [5.41, 5.74) is 8.15. The molecule has 0 saturated carbocycles. The van der Waals surface area contributed by atoms with Crippen LogP contribution in [0.1, 0.15) is 123 Å². The molecule has 10 rings (SSSR count). The van der Waals surface area contributed by atoms with Gasteiger partial charge < -0.3 is 94.3 Å². The number of benzene rings is 1. The van der Waals surface area contributed by atoms with Gasteiger partial charge in [-0.3, -0.25) is 43.3 Å². The predicted molar refractivity (Wildman–Crippen MR) is 350 cm³/mol.